The lowest BCUT2D eigenvalue weighted by Gasteiger charge is -2.41. The average molecular weight is 390 g/mol. The Morgan fingerprint density at radius 2 is 1.72 bits per heavy atom. The quantitative estimate of drug-likeness (QED) is 0.832. The van der Waals surface area contributed by atoms with Crippen LogP contribution in [-0.2, 0) is 11.3 Å². The van der Waals surface area contributed by atoms with Crippen LogP contribution >= 0.6 is 24.8 Å². The molecule has 3 rings (SSSR count). The molecule has 2 aliphatic rings. The third-order valence-electron chi connectivity index (χ3n) is 5.15. The zero-order valence-corrected chi connectivity index (χ0v) is 16.2. The van der Waals surface area contributed by atoms with Gasteiger partial charge in [-0.25, -0.2) is 0 Å². The van der Waals surface area contributed by atoms with Gasteiger partial charge < -0.3 is 15.7 Å². The molecule has 0 spiro atoms. The van der Waals surface area contributed by atoms with Crippen LogP contribution in [0, 0.1) is 0 Å². The Kier molecular flexibility index (Phi) is 8.48. The molecule has 1 amide bonds. The molecule has 1 aliphatic heterocycles. The number of phenols is 1. The largest absolute Gasteiger partial charge is 0.508 e. The number of hydrogen-bond acceptors (Lipinski definition) is 4. The smallest absolute Gasteiger partial charge is 0.242 e. The zero-order valence-electron chi connectivity index (χ0n) is 14.5. The van der Waals surface area contributed by atoms with Gasteiger partial charge >= 0.3 is 0 Å². The van der Waals surface area contributed by atoms with Crippen LogP contribution in [0.25, 0.3) is 0 Å². The number of rotatable bonds is 3. The van der Waals surface area contributed by atoms with E-state index >= 15 is 0 Å². The predicted octanol–water partition coefficient (Wildman–Crippen LogP) is 2.54. The Morgan fingerprint density at radius 1 is 1.08 bits per heavy atom. The summed E-state index contributed by atoms with van der Waals surface area (Å²) in [6.07, 6.45) is 4.99. The molecule has 0 aromatic heterocycles. The topological polar surface area (TPSA) is 69.8 Å². The number of benzene rings is 1. The first-order valence-electron chi connectivity index (χ1n) is 8.65. The number of amides is 1. The number of carbonyl (C=O) groups is 1. The number of aromatic hydroxyl groups is 1. The lowest BCUT2D eigenvalue weighted by atomic mass is 9.81. The van der Waals surface area contributed by atoms with Gasteiger partial charge in [0.2, 0.25) is 5.91 Å². The molecular formula is C18H29Cl2N3O2. The van der Waals surface area contributed by atoms with Gasteiger partial charge in [-0.3, -0.25) is 9.69 Å². The summed E-state index contributed by atoms with van der Waals surface area (Å²) < 4.78 is 0. The first kappa shape index (κ1) is 22.0. The Morgan fingerprint density at radius 3 is 2.32 bits per heavy atom. The Hall–Kier alpha value is -1.01. The van der Waals surface area contributed by atoms with Crippen LogP contribution in [0.1, 0.15) is 37.7 Å². The summed E-state index contributed by atoms with van der Waals surface area (Å²) in [5, 5.41) is 9.54. The van der Waals surface area contributed by atoms with Gasteiger partial charge in [0.25, 0.3) is 0 Å². The number of nitrogens with zero attached hydrogens (tertiary/aromatic N) is 2. The second-order valence-electron chi connectivity index (χ2n) is 6.96. The van der Waals surface area contributed by atoms with Crippen molar-refractivity contribution in [2.75, 3.05) is 26.2 Å². The van der Waals surface area contributed by atoms with Gasteiger partial charge in [0.15, 0.2) is 0 Å². The molecule has 2 fully saturated rings. The monoisotopic (exact) mass is 389 g/mol. The molecule has 5 nitrogen and oxygen atoms in total. The van der Waals surface area contributed by atoms with Gasteiger partial charge in [0.05, 0.1) is 5.54 Å². The van der Waals surface area contributed by atoms with Crippen molar-refractivity contribution in [3.63, 3.8) is 0 Å². The molecule has 0 bridgehead atoms. The highest BCUT2D eigenvalue weighted by Gasteiger charge is 2.39. The van der Waals surface area contributed by atoms with Crippen molar-refractivity contribution in [2.45, 2.75) is 44.2 Å². The SMILES string of the molecule is Cl.Cl.NC1(C(=O)N2CCN(Cc3cccc(O)c3)CC2)CCCCC1. The van der Waals surface area contributed by atoms with E-state index in [9.17, 15) is 9.90 Å². The molecular weight excluding hydrogens is 361 g/mol. The summed E-state index contributed by atoms with van der Waals surface area (Å²) in [6.45, 7) is 4.02. The number of hydrogen-bond donors (Lipinski definition) is 2. The van der Waals surface area contributed by atoms with Crippen molar-refractivity contribution in [2.24, 2.45) is 5.73 Å². The molecule has 7 heteroatoms. The second-order valence-corrected chi connectivity index (χ2v) is 6.96. The van der Waals surface area contributed by atoms with E-state index in [0.717, 1.165) is 64.0 Å². The van der Waals surface area contributed by atoms with E-state index in [0.29, 0.717) is 5.75 Å². The summed E-state index contributed by atoms with van der Waals surface area (Å²) in [7, 11) is 0. The Labute approximate surface area is 162 Å². The highest BCUT2D eigenvalue weighted by atomic mass is 35.5. The molecule has 142 valence electrons. The average Bonchev–Trinajstić information content (AvgIpc) is 2.56. The summed E-state index contributed by atoms with van der Waals surface area (Å²) >= 11 is 0. The van der Waals surface area contributed by atoms with E-state index in [-0.39, 0.29) is 30.7 Å². The second kappa shape index (κ2) is 9.62. The number of phenolic OH excluding ortho intramolecular Hbond substituents is 1. The molecule has 1 aromatic rings. The maximum absolute atomic E-state index is 12.7. The normalized spacial score (nSPS) is 20.3. The Bertz CT molecular complexity index is 557. The first-order chi connectivity index (χ1) is 11.1. The van der Waals surface area contributed by atoms with Gasteiger partial charge in [-0.15, -0.1) is 24.8 Å². The van der Waals surface area contributed by atoms with Crippen LogP contribution in [-0.4, -0.2) is 52.5 Å². The molecule has 1 aromatic carbocycles. The fraction of sp³-hybridized carbons (Fsp3) is 0.611. The molecule has 1 aliphatic carbocycles. The van der Waals surface area contributed by atoms with Crippen LogP contribution < -0.4 is 5.73 Å². The molecule has 3 N–H and O–H groups in total. The van der Waals surface area contributed by atoms with Crippen LogP contribution in [0.2, 0.25) is 0 Å². The van der Waals surface area contributed by atoms with E-state index in [4.69, 9.17) is 5.73 Å². The number of carbonyl (C=O) groups excluding carboxylic acids is 1. The van der Waals surface area contributed by atoms with Crippen LogP contribution in [0.3, 0.4) is 0 Å². The van der Waals surface area contributed by atoms with Crippen molar-refractivity contribution in [1.29, 1.82) is 0 Å². The zero-order chi connectivity index (χ0) is 16.3. The highest BCUT2D eigenvalue weighted by Crippen LogP contribution is 2.28. The fourth-order valence-electron chi connectivity index (χ4n) is 3.73. The lowest BCUT2D eigenvalue weighted by Crippen LogP contribution is -2.60. The highest BCUT2D eigenvalue weighted by molar-refractivity contribution is 5.86. The molecule has 1 heterocycles. The number of halogens is 2. The van der Waals surface area contributed by atoms with Gasteiger partial charge in [-0.05, 0) is 30.5 Å². The van der Waals surface area contributed by atoms with E-state index in [1.807, 2.05) is 17.0 Å². The maximum Gasteiger partial charge on any atom is 0.242 e. The van der Waals surface area contributed by atoms with Crippen molar-refractivity contribution in [1.82, 2.24) is 9.80 Å². The number of nitrogens with two attached hydrogens (primary N) is 1. The molecule has 1 saturated carbocycles. The van der Waals surface area contributed by atoms with Gasteiger partial charge in [-0.1, -0.05) is 31.4 Å². The standard InChI is InChI=1S/C18H27N3O2.2ClH/c19-18(7-2-1-3-8-18)17(23)21-11-9-20(10-12-21)14-15-5-4-6-16(22)13-15;;/h4-6,13,22H,1-3,7-12,14,19H2;2*1H. The minimum atomic E-state index is -0.619. The van der Waals surface area contributed by atoms with Crippen LogP contribution in [0.5, 0.6) is 5.75 Å². The third kappa shape index (κ3) is 5.48. The molecule has 1 saturated heterocycles. The Balaban J connectivity index is 0.00000156. The van der Waals surface area contributed by atoms with Crippen molar-refractivity contribution < 1.29 is 9.90 Å². The van der Waals surface area contributed by atoms with Gasteiger partial charge in [0.1, 0.15) is 5.75 Å². The molecule has 0 atom stereocenters. The molecule has 0 radical (unpaired) electrons. The van der Waals surface area contributed by atoms with E-state index in [1.54, 1.807) is 12.1 Å². The predicted molar refractivity (Wildman–Crippen MR) is 104 cm³/mol. The maximum atomic E-state index is 12.7. The van der Waals surface area contributed by atoms with Gasteiger partial charge in [-0.2, -0.15) is 0 Å². The molecule has 25 heavy (non-hydrogen) atoms. The van der Waals surface area contributed by atoms with Gasteiger partial charge in [0, 0.05) is 32.7 Å². The minimum Gasteiger partial charge on any atom is -0.508 e. The lowest BCUT2D eigenvalue weighted by molar-refractivity contribution is -0.140. The number of piperazine rings is 1. The van der Waals surface area contributed by atoms with E-state index in [2.05, 4.69) is 4.90 Å². The van der Waals surface area contributed by atoms with Crippen LogP contribution in [0.4, 0.5) is 0 Å². The van der Waals surface area contributed by atoms with Crippen molar-refractivity contribution in [3.05, 3.63) is 29.8 Å². The van der Waals surface area contributed by atoms with E-state index < -0.39 is 5.54 Å². The fourth-order valence-corrected chi connectivity index (χ4v) is 3.73. The van der Waals surface area contributed by atoms with E-state index in [1.165, 1.54) is 6.42 Å². The molecule has 0 unspecified atom stereocenters. The summed E-state index contributed by atoms with van der Waals surface area (Å²) in [5.74, 6) is 0.452. The third-order valence-corrected chi connectivity index (χ3v) is 5.15. The summed E-state index contributed by atoms with van der Waals surface area (Å²) in [4.78, 5) is 17.0. The van der Waals surface area contributed by atoms with Crippen molar-refractivity contribution in [3.8, 4) is 5.75 Å². The van der Waals surface area contributed by atoms with Crippen molar-refractivity contribution >= 4 is 30.7 Å². The summed E-state index contributed by atoms with van der Waals surface area (Å²) in [6, 6.07) is 7.37. The summed E-state index contributed by atoms with van der Waals surface area (Å²) in [5.41, 5.74) is 6.86. The van der Waals surface area contributed by atoms with Crippen LogP contribution in [0.15, 0.2) is 24.3 Å². The first-order valence-corrected chi connectivity index (χ1v) is 8.65. The minimum absolute atomic E-state index is 0.